The maximum absolute atomic E-state index is 10.7. The molecule has 2 atom stereocenters. The fraction of sp³-hybridized carbons (Fsp3) is 0.368. The lowest BCUT2D eigenvalue weighted by Gasteiger charge is -2.24. The van der Waals surface area contributed by atoms with Gasteiger partial charge in [0.15, 0.2) is 8.32 Å². The summed E-state index contributed by atoms with van der Waals surface area (Å²) in [5.41, 5.74) is 1.01. The molecule has 0 saturated carbocycles. The van der Waals surface area contributed by atoms with Crippen molar-refractivity contribution in [3.8, 4) is 0 Å². The highest BCUT2D eigenvalue weighted by atomic mass is 35.5. The number of aliphatic hydroxyl groups excluding tert-OH is 1. The van der Waals surface area contributed by atoms with Gasteiger partial charge in [-0.25, -0.2) is 0 Å². The third kappa shape index (κ3) is 9.50. The van der Waals surface area contributed by atoms with Gasteiger partial charge in [0.2, 0.25) is 0 Å². The van der Waals surface area contributed by atoms with Gasteiger partial charge in [0.1, 0.15) is 0 Å². The minimum absolute atomic E-state index is 0. The second-order valence-corrected chi connectivity index (χ2v) is 12.7. The molecule has 0 radical (unpaired) electrons. The van der Waals surface area contributed by atoms with E-state index in [9.17, 15) is 25.3 Å². The van der Waals surface area contributed by atoms with E-state index < -0.39 is 24.3 Å². The van der Waals surface area contributed by atoms with Gasteiger partial charge in [-0.1, -0.05) is 23.2 Å². The van der Waals surface area contributed by atoms with Gasteiger partial charge < -0.3 is 9.53 Å². The van der Waals surface area contributed by atoms with Crippen LogP contribution in [-0.4, -0.2) is 23.3 Å². The Hall–Kier alpha value is -1.75. The Bertz CT molecular complexity index is 922. The Morgan fingerprint density at radius 2 is 1.29 bits per heavy atom. The van der Waals surface area contributed by atoms with Gasteiger partial charge in [-0.15, -0.1) is 12.4 Å². The molecule has 0 aliphatic carbocycles. The number of nitro benzene ring substituents is 2. The van der Waals surface area contributed by atoms with Gasteiger partial charge in [-0.3, -0.25) is 20.2 Å². The zero-order chi connectivity index (χ0) is 23.2. The van der Waals surface area contributed by atoms with Crippen LogP contribution in [0.1, 0.15) is 37.2 Å². The first-order chi connectivity index (χ1) is 13.7. The summed E-state index contributed by atoms with van der Waals surface area (Å²) in [6.07, 6.45) is -1.03. The number of non-ortho nitro benzene ring substituents is 2. The second kappa shape index (κ2) is 12.3. The Balaban J connectivity index is 0.000000581. The van der Waals surface area contributed by atoms with E-state index in [1.54, 1.807) is 6.07 Å². The van der Waals surface area contributed by atoms with Crippen LogP contribution in [0.3, 0.4) is 0 Å². The first-order valence-electron chi connectivity index (χ1n) is 8.96. The van der Waals surface area contributed by atoms with E-state index in [0.29, 0.717) is 21.2 Å². The molecule has 2 aromatic carbocycles. The Morgan fingerprint density at radius 1 is 0.903 bits per heavy atom. The summed E-state index contributed by atoms with van der Waals surface area (Å²) in [7, 11) is -1.70. The zero-order valence-electron chi connectivity index (χ0n) is 17.7. The number of aliphatic hydroxyl groups is 1. The lowest BCUT2D eigenvalue weighted by atomic mass is 10.1. The van der Waals surface area contributed by atoms with E-state index in [-0.39, 0.29) is 29.9 Å². The van der Waals surface area contributed by atoms with Crippen molar-refractivity contribution in [2.75, 3.05) is 0 Å². The van der Waals surface area contributed by atoms with Gasteiger partial charge in [-0.2, -0.15) is 0 Å². The summed E-state index contributed by atoms with van der Waals surface area (Å²) in [5.74, 6) is 0. The molecule has 0 aliphatic heterocycles. The zero-order valence-corrected chi connectivity index (χ0v) is 21.0. The molecule has 2 rings (SSSR count). The molecule has 0 fully saturated rings. The maximum Gasteiger partial charge on any atom is 0.269 e. The topological polar surface area (TPSA) is 116 Å². The number of halogens is 3. The molecule has 0 heterocycles. The average molecular weight is 512 g/mol. The highest BCUT2D eigenvalue weighted by Crippen LogP contribution is 2.31. The normalized spacial score (nSPS) is 12.6. The molecule has 8 nitrogen and oxygen atoms in total. The van der Waals surface area contributed by atoms with Crippen LogP contribution < -0.4 is 0 Å². The maximum atomic E-state index is 10.7. The summed E-state index contributed by atoms with van der Waals surface area (Å²) in [4.78, 5) is 20.1. The third-order valence-electron chi connectivity index (χ3n) is 3.80. The van der Waals surface area contributed by atoms with Gasteiger partial charge >= 0.3 is 0 Å². The molecule has 1 N–H and O–H groups in total. The minimum Gasteiger partial charge on any atom is -0.411 e. The van der Waals surface area contributed by atoms with E-state index >= 15 is 0 Å². The van der Waals surface area contributed by atoms with E-state index in [4.69, 9.17) is 27.6 Å². The van der Waals surface area contributed by atoms with Crippen LogP contribution >= 0.6 is 35.6 Å². The fourth-order valence-electron chi connectivity index (χ4n) is 2.51. The standard InChI is InChI=1S/C11H16ClNO3Si.C8H8ClNO3.ClH/c1-8(16-17(2,3)4)10-7-9(13(14)15)5-6-11(10)12;1-5(11)7-4-6(10(12)13)2-3-8(7)9;/h5-8H,1-4H3;2-5,11H,1H3;1H. The largest absolute Gasteiger partial charge is 0.411 e. The predicted octanol–water partition coefficient (Wildman–Crippen LogP) is 6.88. The fourth-order valence-corrected chi connectivity index (χ4v) is 4.25. The van der Waals surface area contributed by atoms with Crippen LogP contribution in [0, 0.1) is 20.2 Å². The quantitative estimate of drug-likeness (QED) is 0.256. The second-order valence-electron chi connectivity index (χ2n) is 7.47. The van der Waals surface area contributed by atoms with Crippen molar-refractivity contribution < 1.29 is 19.4 Å². The molecule has 2 unspecified atom stereocenters. The average Bonchev–Trinajstić information content (AvgIpc) is 2.60. The number of benzene rings is 2. The molecule has 0 bridgehead atoms. The number of hydrogen-bond acceptors (Lipinski definition) is 6. The Morgan fingerprint density at radius 3 is 1.65 bits per heavy atom. The molecule has 0 aromatic heterocycles. The Labute approximate surface area is 198 Å². The van der Waals surface area contributed by atoms with Crippen molar-refractivity contribution in [2.45, 2.75) is 45.7 Å². The highest BCUT2D eigenvalue weighted by Gasteiger charge is 2.22. The number of nitro groups is 2. The van der Waals surface area contributed by atoms with Crippen LogP contribution in [0.5, 0.6) is 0 Å². The molecule has 172 valence electrons. The van der Waals surface area contributed by atoms with Crippen molar-refractivity contribution in [2.24, 2.45) is 0 Å². The van der Waals surface area contributed by atoms with Gasteiger partial charge in [0, 0.05) is 45.4 Å². The number of hydrogen-bond donors (Lipinski definition) is 1. The molecule has 0 saturated heterocycles. The number of nitrogens with zero attached hydrogens (tertiary/aromatic N) is 2. The molecule has 2 aromatic rings. The van der Waals surface area contributed by atoms with E-state index in [1.807, 2.05) is 6.92 Å². The number of rotatable bonds is 6. The monoisotopic (exact) mass is 510 g/mol. The van der Waals surface area contributed by atoms with Crippen molar-refractivity contribution in [1.82, 2.24) is 0 Å². The van der Waals surface area contributed by atoms with Crippen molar-refractivity contribution >= 4 is 55.3 Å². The highest BCUT2D eigenvalue weighted by molar-refractivity contribution is 6.69. The van der Waals surface area contributed by atoms with Crippen LogP contribution in [0.15, 0.2) is 36.4 Å². The summed E-state index contributed by atoms with van der Waals surface area (Å²) in [6.45, 7) is 9.56. The molecule has 0 amide bonds. The van der Waals surface area contributed by atoms with Crippen LogP contribution in [0.4, 0.5) is 11.4 Å². The molecule has 0 aliphatic rings. The lowest BCUT2D eigenvalue weighted by Crippen LogP contribution is -2.27. The lowest BCUT2D eigenvalue weighted by molar-refractivity contribution is -0.385. The van der Waals surface area contributed by atoms with Crippen LogP contribution in [-0.2, 0) is 4.43 Å². The van der Waals surface area contributed by atoms with E-state index in [0.717, 1.165) is 0 Å². The first kappa shape index (κ1) is 29.2. The van der Waals surface area contributed by atoms with Crippen LogP contribution in [0.2, 0.25) is 29.7 Å². The smallest absolute Gasteiger partial charge is 0.269 e. The van der Waals surface area contributed by atoms with E-state index in [1.165, 1.54) is 37.3 Å². The van der Waals surface area contributed by atoms with E-state index in [2.05, 4.69) is 19.6 Å². The SMILES string of the molecule is CC(O)c1cc([N+](=O)[O-])ccc1Cl.CC(O[Si](C)(C)C)c1cc([N+](=O)[O-])ccc1Cl.Cl. The third-order valence-corrected chi connectivity index (χ3v) is 5.55. The minimum atomic E-state index is -1.70. The van der Waals surface area contributed by atoms with Gasteiger partial charge in [-0.05, 0) is 45.6 Å². The summed E-state index contributed by atoms with van der Waals surface area (Å²) >= 11 is 11.8. The Kier molecular flexibility index (Phi) is 11.6. The molecular weight excluding hydrogens is 487 g/mol. The molecule has 31 heavy (non-hydrogen) atoms. The van der Waals surface area contributed by atoms with Crippen molar-refractivity contribution in [3.63, 3.8) is 0 Å². The summed E-state index contributed by atoms with van der Waals surface area (Å²) in [5, 5.41) is 31.1. The summed E-state index contributed by atoms with van der Waals surface area (Å²) in [6, 6.07) is 8.39. The first-order valence-corrected chi connectivity index (χ1v) is 13.1. The predicted molar refractivity (Wildman–Crippen MR) is 127 cm³/mol. The van der Waals surface area contributed by atoms with Gasteiger partial charge in [0.05, 0.1) is 22.1 Å². The molecular formula is C19H25Cl3N2O6Si. The van der Waals surface area contributed by atoms with Crippen LogP contribution in [0.25, 0.3) is 0 Å². The van der Waals surface area contributed by atoms with Crippen molar-refractivity contribution in [3.05, 3.63) is 77.8 Å². The molecule has 0 spiro atoms. The summed E-state index contributed by atoms with van der Waals surface area (Å²) < 4.78 is 5.87. The van der Waals surface area contributed by atoms with Crippen molar-refractivity contribution in [1.29, 1.82) is 0 Å². The van der Waals surface area contributed by atoms with Gasteiger partial charge in [0.25, 0.3) is 11.4 Å². The molecule has 12 heteroatoms.